The van der Waals surface area contributed by atoms with Crippen LogP contribution >= 0.6 is 0 Å². The molecule has 0 bridgehead atoms. The maximum atomic E-state index is 12.0. The van der Waals surface area contributed by atoms with Gasteiger partial charge in [0, 0.05) is 18.8 Å². The summed E-state index contributed by atoms with van der Waals surface area (Å²) in [5.41, 5.74) is 2.98. The lowest BCUT2D eigenvalue weighted by Crippen LogP contribution is -2.23. The summed E-state index contributed by atoms with van der Waals surface area (Å²) < 4.78 is 9.38. The van der Waals surface area contributed by atoms with Crippen LogP contribution in [0.3, 0.4) is 0 Å². The molecule has 0 saturated heterocycles. The Morgan fingerprint density at radius 2 is 1.64 bits per heavy atom. The zero-order valence-corrected chi connectivity index (χ0v) is 16.5. The third-order valence-electron chi connectivity index (χ3n) is 4.25. The minimum Gasteiger partial charge on any atom is -0.466 e. The van der Waals surface area contributed by atoms with E-state index in [1.54, 1.807) is 0 Å². The van der Waals surface area contributed by atoms with Crippen LogP contribution in [0.15, 0.2) is 66.4 Å². The number of esters is 2. The number of rotatable bonds is 9. The van der Waals surface area contributed by atoms with E-state index < -0.39 is 11.9 Å². The molecule has 148 valence electrons. The van der Waals surface area contributed by atoms with Crippen molar-refractivity contribution in [3.63, 3.8) is 0 Å². The van der Waals surface area contributed by atoms with Gasteiger partial charge in [-0.25, -0.2) is 9.59 Å². The highest BCUT2D eigenvalue weighted by Gasteiger charge is 2.15. The number of nitrogens with one attached hydrogen (secondary N) is 1. The molecule has 2 aromatic carbocycles. The van der Waals surface area contributed by atoms with Crippen LogP contribution in [0.25, 0.3) is 0 Å². The zero-order chi connectivity index (χ0) is 20.4. The van der Waals surface area contributed by atoms with E-state index in [4.69, 9.17) is 4.74 Å². The summed E-state index contributed by atoms with van der Waals surface area (Å²) in [5.74, 6) is -1.28. The molecule has 0 aliphatic carbocycles. The smallest absolute Gasteiger partial charge is 0.354 e. The predicted octanol–water partition coefficient (Wildman–Crippen LogP) is 3.35. The fraction of sp³-hybridized carbons (Fsp3) is 0.273. The van der Waals surface area contributed by atoms with Crippen LogP contribution in [0, 0.1) is 0 Å². The van der Waals surface area contributed by atoms with Crippen LogP contribution in [-0.4, -0.2) is 37.6 Å². The molecule has 0 aliphatic rings. The second-order valence-electron chi connectivity index (χ2n) is 6.14. The van der Waals surface area contributed by atoms with E-state index in [-0.39, 0.29) is 5.70 Å². The largest absolute Gasteiger partial charge is 0.466 e. The molecule has 0 fully saturated rings. The maximum Gasteiger partial charge on any atom is 0.354 e. The van der Waals surface area contributed by atoms with E-state index in [9.17, 15) is 9.59 Å². The van der Waals surface area contributed by atoms with Crippen molar-refractivity contribution < 1.29 is 19.1 Å². The van der Waals surface area contributed by atoms with E-state index in [0.29, 0.717) is 6.54 Å². The Labute approximate surface area is 165 Å². The topological polar surface area (TPSA) is 67.9 Å². The zero-order valence-electron chi connectivity index (χ0n) is 16.5. The lowest BCUT2D eigenvalue weighted by Gasteiger charge is -2.22. The SMILES string of the molecule is CCN(Cc1ccccc1)Cc1ccccc1N/C(=C/C(=O)OC)C(=O)OC. The first-order chi connectivity index (χ1) is 13.6. The van der Waals surface area contributed by atoms with Crippen LogP contribution in [0.1, 0.15) is 18.1 Å². The fourth-order valence-corrected chi connectivity index (χ4v) is 2.72. The number of benzene rings is 2. The molecule has 0 aliphatic heterocycles. The quantitative estimate of drug-likeness (QED) is 0.530. The van der Waals surface area contributed by atoms with E-state index >= 15 is 0 Å². The molecule has 6 heteroatoms. The minimum atomic E-state index is -0.642. The Morgan fingerprint density at radius 3 is 2.29 bits per heavy atom. The van der Waals surface area contributed by atoms with Gasteiger partial charge in [0.25, 0.3) is 0 Å². The first kappa shape index (κ1) is 21.2. The summed E-state index contributed by atoms with van der Waals surface area (Å²) in [6.07, 6.45) is 1.09. The minimum absolute atomic E-state index is 0.0212. The van der Waals surface area contributed by atoms with E-state index in [0.717, 1.165) is 30.4 Å². The number of carbonyl (C=O) groups excluding carboxylic acids is 2. The van der Waals surface area contributed by atoms with Gasteiger partial charge < -0.3 is 14.8 Å². The molecular weight excluding hydrogens is 356 g/mol. The average molecular weight is 382 g/mol. The first-order valence-corrected chi connectivity index (χ1v) is 9.06. The third-order valence-corrected chi connectivity index (χ3v) is 4.25. The Hall–Kier alpha value is -3.12. The molecule has 0 amide bonds. The van der Waals surface area contributed by atoms with Crippen LogP contribution in [-0.2, 0) is 32.2 Å². The highest BCUT2D eigenvalue weighted by Crippen LogP contribution is 2.20. The normalized spacial score (nSPS) is 11.2. The summed E-state index contributed by atoms with van der Waals surface area (Å²) in [7, 11) is 2.52. The molecule has 2 rings (SSSR count). The summed E-state index contributed by atoms with van der Waals surface area (Å²) >= 11 is 0. The standard InChI is InChI=1S/C22H26N2O4/c1-4-24(15-17-10-6-5-7-11-17)16-18-12-8-9-13-19(18)23-20(22(26)28-3)14-21(25)27-2/h5-14,23H,4,15-16H2,1-3H3/b20-14+. The van der Waals surface area contributed by atoms with Crippen LogP contribution in [0.4, 0.5) is 5.69 Å². The molecule has 28 heavy (non-hydrogen) atoms. The van der Waals surface area contributed by atoms with Crippen molar-refractivity contribution in [1.29, 1.82) is 0 Å². The molecule has 6 nitrogen and oxygen atoms in total. The molecule has 0 saturated carbocycles. The van der Waals surface area contributed by atoms with E-state index in [1.807, 2.05) is 42.5 Å². The van der Waals surface area contributed by atoms with Crippen LogP contribution < -0.4 is 5.32 Å². The summed E-state index contributed by atoms with van der Waals surface area (Å²) in [4.78, 5) is 25.9. The number of nitrogens with zero attached hydrogens (tertiary/aromatic N) is 1. The van der Waals surface area contributed by atoms with Crippen LogP contribution in [0.2, 0.25) is 0 Å². The number of hydrogen-bond donors (Lipinski definition) is 1. The van der Waals surface area contributed by atoms with Gasteiger partial charge in [0.2, 0.25) is 0 Å². The summed E-state index contributed by atoms with van der Waals surface area (Å²) in [6, 6.07) is 17.9. The first-order valence-electron chi connectivity index (χ1n) is 9.06. The molecule has 0 unspecified atom stereocenters. The predicted molar refractivity (Wildman–Crippen MR) is 108 cm³/mol. The second-order valence-corrected chi connectivity index (χ2v) is 6.14. The van der Waals surface area contributed by atoms with Gasteiger partial charge in [0.05, 0.1) is 20.3 Å². The van der Waals surface area contributed by atoms with Gasteiger partial charge in [0.1, 0.15) is 5.70 Å². The molecule has 1 N–H and O–H groups in total. The van der Waals surface area contributed by atoms with Crippen molar-refractivity contribution >= 4 is 17.6 Å². The number of anilines is 1. The fourth-order valence-electron chi connectivity index (χ4n) is 2.72. The highest BCUT2D eigenvalue weighted by atomic mass is 16.5. The number of carbonyl (C=O) groups is 2. The third kappa shape index (κ3) is 6.25. The van der Waals surface area contributed by atoms with Gasteiger partial charge in [-0.1, -0.05) is 55.5 Å². The summed E-state index contributed by atoms with van der Waals surface area (Å²) in [5, 5.41) is 3.02. The van der Waals surface area contributed by atoms with Crippen molar-refractivity contribution in [2.45, 2.75) is 20.0 Å². The summed E-state index contributed by atoms with van der Waals surface area (Å²) in [6.45, 7) is 4.47. The van der Waals surface area contributed by atoms with Crippen LogP contribution in [0.5, 0.6) is 0 Å². The Kier molecular flexibility index (Phi) is 8.24. The lowest BCUT2D eigenvalue weighted by atomic mass is 10.1. The van der Waals surface area contributed by atoms with Gasteiger partial charge in [-0.15, -0.1) is 0 Å². The van der Waals surface area contributed by atoms with Crippen molar-refractivity contribution in [3.8, 4) is 0 Å². The number of para-hydroxylation sites is 1. The highest BCUT2D eigenvalue weighted by molar-refractivity contribution is 5.98. The van der Waals surface area contributed by atoms with E-state index in [2.05, 4.69) is 34.0 Å². The Morgan fingerprint density at radius 1 is 0.964 bits per heavy atom. The molecular formula is C22H26N2O4. The van der Waals surface area contributed by atoms with Gasteiger partial charge in [-0.05, 0) is 23.7 Å². The van der Waals surface area contributed by atoms with Crippen molar-refractivity contribution in [3.05, 3.63) is 77.5 Å². The maximum absolute atomic E-state index is 12.0. The van der Waals surface area contributed by atoms with Gasteiger partial charge >= 0.3 is 11.9 Å². The average Bonchev–Trinajstić information content (AvgIpc) is 2.73. The molecule has 2 aromatic rings. The number of ether oxygens (including phenoxy) is 2. The van der Waals surface area contributed by atoms with Crippen molar-refractivity contribution in [2.24, 2.45) is 0 Å². The number of hydrogen-bond acceptors (Lipinski definition) is 6. The Balaban J connectivity index is 2.21. The van der Waals surface area contributed by atoms with Crippen molar-refractivity contribution in [1.82, 2.24) is 4.90 Å². The monoisotopic (exact) mass is 382 g/mol. The van der Waals surface area contributed by atoms with Gasteiger partial charge in [-0.2, -0.15) is 0 Å². The molecule has 0 spiro atoms. The second kappa shape index (κ2) is 10.9. The van der Waals surface area contributed by atoms with Crippen molar-refractivity contribution in [2.75, 3.05) is 26.1 Å². The van der Waals surface area contributed by atoms with E-state index in [1.165, 1.54) is 19.8 Å². The lowest BCUT2D eigenvalue weighted by molar-refractivity contribution is -0.138. The van der Waals surface area contributed by atoms with Gasteiger partial charge in [-0.3, -0.25) is 4.90 Å². The number of methoxy groups -OCH3 is 2. The Bertz CT molecular complexity index is 818. The molecule has 0 heterocycles. The molecule has 0 aromatic heterocycles. The van der Waals surface area contributed by atoms with Gasteiger partial charge in [0.15, 0.2) is 0 Å². The molecule has 0 radical (unpaired) electrons. The molecule has 0 atom stereocenters.